The summed E-state index contributed by atoms with van der Waals surface area (Å²) >= 11 is 0. The summed E-state index contributed by atoms with van der Waals surface area (Å²) < 4.78 is 27.5. The van der Waals surface area contributed by atoms with E-state index in [-0.39, 0.29) is 11.4 Å². The Morgan fingerprint density at radius 1 is 0.952 bits per heavy atom. The van der Waals surface area contributed by atoms with Gasteiger partial charge < -0.3 is 0 Å². The third kappa shape index (κ3) is 2.91. The molecule has 0 radical (unpaired) electrons. The van der Waals surface area contributed by atoms with Gasteiger partial charge in [-0.15, -0.1) is 0 Å². The van der Waals surface area contributed by atoms with Gasteiger partial charge in [-0.2, -0.15) is 10.2 Å². The van der Waals surface area contributed by atoms with Gasteiger partial charge in [0.1, 0.15) is 0 Å². The zero-order valence-electron chi connectivity index (χ0n) is 11.1. The van der Waals surface area contributed by atoms with Crippen molar-refractivity contribution in [3.63, 3.8) is 0 Å². The van der Waals surface area contributed by atoms with Crippen molar-refractivity contribution in [2.75, 3.05) is 0 Å². The third-order valence-electron chi connectivity index (χ3n) is 3.11. The highest BCUT2D eigenvalue weighted by Crippen LogP contribution is 2.22. The molecule has 0 saturated carbocycles. The first-order valence-electron chi connectivity index (χ1n) is 6.41. The summed E-state index contributed by atoms with van der Waals surface area (Å²) in [7, 11) is -3.60. The molecule has 3 aromatic rings. The first-order valence-corrected chi connectivity index (χ1v) is 7.89. The normalized spacial score (nSPS) is 11.6. The van der Waals surface area contributed by atoms with Crippen molar-refractivity contribution in [3.8, 4) is 0 Å². The van der Waals surface area contributed by atoms with E-state index in [0.29, 0.717) is 11.1 Å². The molecule has 1 heterocycles. The van der Waals surface area contributed by atoms with Crippen LogP contribution in [0.15, 0.2) is 65.7 Å². The van der Waals surface area contributed by atoms with E-state index in [0.717, 1.165) is 5.39 Å². The van der Waals surface area contributed by atoms with E-state index in [2.05, 4.69) is 14.9 Å². The molecular weight excluding hydrogens is 286 g/mol. The number of nitrogens with zero attached hydrogens (tertiary/aromatic N) is 2. The van der Waals surface area contributed by atoms with Crippen LogP contribution < -0.4 is 4.72 Å². The number of aromatic nitrogens is 2. The van der Waals surface area contributed by atoms with Crippen LogP contribution in [0, 0.1) is 0 Å². The number of hydrogen-bond donors (Lipinski definition) is 1. The molecule has 2 aromatic carbocycles. The maximum absolute atomic E-state index is 12.5. The van der Waals surface area contributed by atoms with Crippen molar-refractivity contribution in [1.82, 2.24) is 14.9 Å². The number of fused-ring (bicyclic) bond motifs is 1. The van der Waals surface area contributed by atoms with Gasteiger partial charge in [-0.25, -0.2) is 13.1 Å². The summed E-state index contributed by atoms with van der Waals surface area (Å²) in [5, 5.41) is 9.17. The Hall–Kier alpha value is -2.31. The summed E-state index contributed by atoms with van der Waals surface area (Å²) in [5.41, 5.74) is 0.571. The van der Waals surface area contributed by atoms with Gasteiger partial charge in [0.2, 0.25) is 10.0 Å². The van der Waals surface area contributed by atoms with Gasteiger partial charge >= 0.3 is 0 Å². The lowest BCUT2D eigenvalue weighted by Crippen LogP contribution is -2.24. The van der Waals surface area contributed by atoms with E-state index >= 15 is 0 Å². The minimum absolute atomic E-state index is 0.111. The quantitative estimate of drug-likeness (QED) is 0.801. The molecule has 0 aliphatic heterocycles. The summed E-state index contributed by atoms with van der Waals surface area (Å²) in [6.07, 6.45) is 1.54. The molecule has 0 aliphatic carbocycles. The molecular formula is C15H13N3O2S. The molecule has 106 valence electrons. The third-order valence-corrected chi connectivity index (χ3v) is 4.57. The number of sulfonamides is 1. The molecule has 3 rings (SSSR count). The molecule has 0 saturated heterocycles. The number of nitrogens with one attached hydrogen (secondary N) is 1. The molecule has 0 fully saturated rings. The van der Waals surface area contributed by atoms with Crippen molar-refractivity contribution in [3.05, 3.63) is 66.5 Å². The molecule has 6 heteroatoms. The molecule has 21 heavy (non-hydrogen) atoms. The lowest BCUT2D eigenvalue weighted by atomic mass is 10.1. The maximum atomic E-state index is 12.5. The van der Waals surface area contributed by atoms with Gasteiger partial charge in [-0.1, -0.05) is 36.4 Å². The molecule has 0 bridgehead atoms. The monoisotopic (exact) mass is 299 g/mol. The maximum Gasteiger partial charge on any atom is 0.241 e. The van der Waals surface area contributed by atoms with Crippen molar-refractivity contribution in [1.29, 1.82) is 0 Å². The van der Waals surface area contributed by atoms with Crippen molar-refractivity contribution in [2.24, 2.45) is 0 Å². The van der Waals surface area contributed by atoms with Crippen molar-refractivity contribution >= 4 is 20.8 Å². The van der Waals surface area contributed by atoms with Crippen LogP contribution >= 0.6 is 0 Å². The zero-order chi connectivity index (χ0) is 14.7. The first-order chi connectivity index (χ1) is 10.2. The molecule has 0 amide bonds. The minimum Gasteiger partial charge on any atom is -0.207 e. The van der Waals surface area contributed by atoms with Crippen LogP contribution in [0.5, 0.6) is 0 Å². The summed E-state index contributed by atoms with van der Waals surface area (Å²) in [6.45, 7) is 0.111. The smallest absolute Gasteiger partial charge is 0.207 e. The summed E-state index contributed by atoms with van der Waals surface area (Å²) in [6, 6.07) is 16.0. The molecule has 0 spiro atoms. The second kappa shape index (κ2) is 5.59. The number of benzene rings is 2. The van der Waals surface area contributed by atoms with Crippen LogP contribution in [0.3, 0.4) is 0 Å². The molecule has 0 aliphatic rings. The minimum atomic E-state index is -3.60. The van der Waals surface area contributed by atoms with Gasteiger partial charge in [-0.05, 0) is 23.6 Å². The van der Waals surface area contributed by atoms with Gasteiger partial charge in [0.15, 0.2) is 0 Å². The predicted molar refractivity (Wildman–Crippen MR) is 80.0 cm³/mol. The van der Waals surface area contributed by atoms with Crippen LogP contribution in [0.4, 0.5) is 0 Å². The van der Waals surface area contributed by atoms with Crippen LogP contribution in [-0.2, 0) is 16.6 Å². The summed E-state index contributed by atoms with van der Waals surface area (Å²) in [5.74, 6) is 0. The average Bonchev–Trinajstić information content (AvgIpc) is 2.53. The predicted octanol–water partition coefficient (Wildman–Crippen LogP) is 2.11. The zero-order valence-corrected chi connectivity index (χ0v) is 11.9. The molecule has 0 unspecified atom stereocenters. The Kier molecular flexibility index (Phi) is 3.64. The second-order valence-corrected chi connectivity index (χ2v) is 6.25. The largest absolute Gasteiger partial charge is 0.241 e. The van der Waals surface area contributed by atoms with Gasteiger partial charge in [0, 0.05) is 11.6 Å². The number of rotatable bonds is 4. The molecule has 1 N–H and O–H groups in total. The highest BCUT2D eigenvalue weighted by Gasteiger charge is 2.16. The molecule has 0 atom stereocenters. The van der Waals surface area contributed by atoms with E-state index in [1.54, 1.807) is 36.5 Å². The first kappa shape index (κ1) is 13.7. The van der Waals surface area contributed by atoms with Crippen molar-refractivity contribution < 1.29 is 8.42 Å². The second-order valence-electron chi connectivity index (χ2n) is 4.52. The van der Waals surface area contributed by atoms with Crippen LogP contribution in [0.25, 0.3) is 10.8 Å². The van der Waals surface area contributed by atoms with E-state index in [1.165, 1.54) is 0 Å². The number of hydrogen-bond acceptors (Lipinski definition) is 4. The van der Waals surface area contributed by atoms with Crippen LogP contribution in [0.1, 0.15) is 5.69 Å². The van der Waals surface area contributed by atoms with E-state index in [1.807, 2.05) is 24.3 Å². The van der Waals surface area contributed by atoms with Crippen molar-refractivity contribution in [2.45, 2.75) is 11.4 Å². The Morgan fingerprint density at radius 3 is 2.57 bits per heavy atom. The average molecular weight is 299 g/mol. The highest BCUT2D eigenvalue weighted by molar-refractivity contribution is 7.89. The van der Waals surface area contributed by atoms with E-state index < -0.39 is 10.0 Å². The fraction of sp³-hybridized carbons (Fsp3) is 0.0667. The molecule has 5 nitrogen and oxygen atoms in total. The fourth-order valence-electron chi connectivity index (χ4n) is 2.10. The van der Waals surface area contributed by atoms with Gasteiger partial charge in [-0.3, -0.25) is 0 Å². The highest BCUT2D eigenvalue weighted by atomic mass is 32.2. The Bertz CT molecular complexity index is 859. The lowest BCUT2D eigenvalue weighted by Gasteiger charge is -2.09. The Morgan fingerprint density at radius 2 is 1.76 bits per heavy atom. The summed E-state index contributed by atoms with van der Waals surface area (Å²) in [4.78, 5) is 0.268. The fourth-order valence-corrected chi connectivity index (χ4v) is 3.33. The van der Waals surface area contributed by atoms with Crippen LogP contribution in [0.2, 0.25) is 0 Å². The van der Waals surface area contributed by atoms with Gasteiger partial charge in [0.25, 0.3) is 0 Å². The SMILES string of the molecule is O=S(=O)(NCc1cccnn1)c1cccc2ccccc12. The molecule has 1 aromatic heterocycles. The lowest BCUT2D eigenvalue weighted by molar-refractivity contribution is 0.581. The van der Waals surface area contributed by atoms with E-state index in [4.69, 9.17) is 0 Å². The van der Waals surface area contributed by atoms with Gasteiger partial charge in [0.05, 0.1) is 17.1 Å². The van der Waals surface area contributed by atoms with Crippen LogP contribution in [-0.4, -0.2) is 18.6 Å². The standard InChI is InChI=1S/C15H13N3O2S/c19-21(20,17-11-13-7-4-10-16-18-13)15-9-3-6-12-5-1-2-8-14(12)15/h1-10,17H,11H2. The van der Waals surface area contributed by atoms with E-state index in [9.17, 15) is 8.42 Å². The Balaban J connectivity index is 1.94. The topological polar surface area (TPSA) is 72.0 Å². The Labute approximate surface area is 122 Å².